The van der Waals surface area contributed by atoms with E-state index < -0.39 is 0 Å². The Bertz CT molecular complexity index is 380. The van der Waals surface area contributed by atoms with Crippen LogP contribution in [0.15, 0.2) is 10.7 Å². The van der Waals surface area contributed by atoms with E-state index in [1.165, 1.54) is 0 Å². The van der Waals surface area contributed by atoms with Crippen LogP contribution >= 0.6 is 15.9 Å². The summed E-state index contributed by atoms with van der Waals surface area (Å²) in [7, 11) is 0. The summed E-state index contributed by atoms with van der Waals surface area (Å²) < 4.78 is 8.80. The zero-order valence-electron chi connectivity index (χ0n) is 11.7. The van der Waals surface area contributed by atoms with Crippen molar-refractivity contribution < 1.29 is 4.74 Å². The van der Waals surface area contributed by atoms with Gasteiger partial charge in [-0.25, -0.2) is 0 Å². The van der Waals surface area contributed by atoms with E-state index in [1.807, 2.05) is 17.8 Å². The normalized spacial score (nSPS) is 16.6. The van der Waals surface area contributed by atoms with Gasteiger partial charge in [0, 0.05) is 13.2 Å². The fourth-order valence-corrected chi connectivity index (χ4v) is 2.64. The summed E-state index contributed by atoms with van der Waals surface area (Å²) in [5.74, 6) is 0. The van der Waals surface area contributed by atoms with Crippen molar-refractivity contribution in [2.24, 2.45) is 5.73 Å². The van der Waals surface area contributed by atoms with Crippen LogP contribution in [-0.4, -0.2) is 22.0 Å². The Labute approximate surface area is 118 Å². The zero-order chi connectivity index (χ0) is 13.8. The van der Waals surface area contributed by atoms with E-state index in [0.717, 1.165) is 29.6 Å². The van der Waals surface area contributed by atoms with Gasteiger partial charge < -0.3 is 10.5 Å². The highest BCUT2D eigenvalue weighted by molar-refractivity contribution is 9.10. The van der Waals surface area contributed by atoms with Crippen molar-refractivity contribution in [2.45, 2.75) is 58.7 Å². The molecule has 4 nitrogen and oxygen atoms in total. The average molecular weight is 318 g/mol. The highest BCUT2D eigenvalue weighted by atomic mass is 79.9. The first-order chi connectivity index (χ1) is 8.50. The van der Waals surface area contributed by atoms with E-state index >= 15 is 0 Å². The molecule has 1 rings (SSSR count). The van der Waals surface area contributed by atoms with Gasteiger partial charge >= 0.3 is 0 Å². The van der Waals surface area contributed by atoms with Gasteiger partial charge in [-0.1, -0.05) is 13.8 Å². The minimum absolute atomic E-state index is 0.189. The van der Waals surface area contributed by atoms with Crippen LogP contribution in [0.1, 0.15) is 52.3 Å². The standard InChI is InChI=1S/C13H24BrN3O/c1-5-8-17-11(10(14)9-16-17)12(15)13(4,6-2)18-7-3/h9,12H,5-8,15H2,1-4H3. The lowest BCUT2D eigenvalue weighted by Gasteiger charge is -2.34. The predicted octanol–water partition coefficient (Wildman–Crippen LogP) is 3.26. The maximum absolute atomic E-state index is 6.43. The highest BCUT2D eigenvalue weighted by Crippen LogP contribution is 2.34. The summed E-state index contributed by atoms with van der Waals surface area (Å²) in [5.41, 5.74) is 7.10. The Hall–Kier alpha value is -0.390. The largest absolute Gasteiger partial charge is 0.374 e. The number of aryl methyl sites for hydroxylation is 1. The number of halogens is 1. The molecule has 0 bridgehead atoms. The molecule has 0 aromatic carbocycles. The average Bonchev–Trinajstić information content (AvgIpc) is 2.70. The van der Waals surface area contributed by atoms with Crippen molar-refractivity contribution >= 4 is 15.9 Å². The summed E-state index contributed by atoms with van der Waals surface area (Å²) >= 11 is 3.54. The molecule has 104 valence electrons. The van der Waals surface area contributed by atoms with E-state index in [4.69, 9.17) is 10.5 Å². The van der Waals surface area contributed by atoms with Gasteiger partial charge in [0.25, 0.3) is 0 Å². The van der Waals surface area contributed by atoms with Crippen molar-refractivity contribution in [3.8, 4) is 0 Å². The van der Waals surface area contributed by atoms with Gasteiger partial charge in [0.15, 0.2) is 0 Å². The van der Waals surface area contributed by atoms with Gasteiger partial charge in [0.05, 0.1) is 28.0 Å². The van der Waals surface area contributed by atoms with Crippen molar-refractivity contribution in [2.75, 3.05) is 6.61 Å². The maximum Gasteiger partial charge on any atom is 0.0859 e. The Kier molecular flexibility index (Phi) is 5.82. The molecule has 0 radical (unpaired) electrons. The third-order valence-electron chi connectivity index (χ3n) is 3.40. The molecule has 1 heterocycles. The lowest BCUT2D eigenvalue weighted by Crippen LogP contribution is -2.42. The number of nitrogens with two attached hydrogens (primary N) is 1. The molecule has 0 fully saturated rings. The summed E-state index contributed by atoms with van der Waals surface area (Å²) in [4.78, 5) is 0. The maximum atomic E-state index is 6.43. The highest BCUT2D eigenvalue weighted by Gasteiger charge is 2.35. The van der Waals surface area contributed by atoms with Crippen molar-refractivity contribution in [3.63, 3.8) is 0 Å². The minimum Gasteiger partial charge on any atom is -0.374 e. The van der Waals surface area contributed by atoms with Crippen LogP contribution in [-0.2, 0) is 11.3 Å². The molecule has 0 spiro atoms. The quantitative estimate of drug-likeness (QED) is 0.839. The monoisotopic (exact) mass is 317 g/mol. The number of hydrogen-bond acceptors (Lipinski definition) is 3. The molecule has 2 unspecified atom stereocenters. The Morgan fingerprint density at radius 1 is 1.50 bits per heavy atom. The van der Waals surface area contributed by atoms with Gasteiger partial charge in [0.1, 0.15) is 0 Å². The van der Waals surface area contributed by atoms with Crippen LogP contribution in [0.25, 0.3) is 0 Å². The van der Waals surface area contributed by atoms with Crippen molar-refractivity contribution in [1.82, 2.24) is 9.78 Å². The van der Waals surface area contributed by atoms with Crippen LogP contribution in [0.2, 0.25) is 0 Å². The summed E-state index contributed by atoms with van der Waals surface area (Å²) in [6.07, 6.45) is 3.71. The number of rotatable bonds is 7. The molecule has 0 aliphatic rings. The first kappa shape index (κ1) is 15.7. The van der Waals surface area contributed by atoms with E-state index in [1.54, 1.807) is 0 Å². The van der Waals surface area contributed by atoms with Crippen LogP contribution in [0.4, 0.5) is 0 Å². The van der Waals surface area contributed by atoms with E-state index in [2.05, 4.69) is 41.8 Å². The first-order valence-electron chi connectivity index (χ1n) is 6.60. The van der Waals surface area contributed by atoms with Crippen molar-refractivity contribution in [3.05, 3.63) is 16.4 Å². The molecule has 2 N–H and O–H groups in total. The molecular formula is C13H24BrN3O. The van der Waals surface area contributed by atoms with Crippen LogP contribution in [0, 0.1) is 0 Å². The van der Waals surface area contributed by atoms with Crippen LogP contribution < -0.4 is 5.73 Å². The van der Waals surface area contributed by atoms with E-state index in [9.17, 15) is 0 Å². The molecule has 1 aromatic rings. The van der Waals surface area contributed by atoms with Gasteiger partial charge in [-0.2, -0.15) is 5.10 Å². The second-order valence-electron chi connectivity index (χ2n) is 4.68. The Morgan fingerprint density at radius 2 is 2.17 bits per heavy atom. The lowest BCUT2D eigenvalue weighted by atomic mass is 9.91. The van der Waals surface area contributed by atoms with Crippen LogP contribution in [0.5, 0.6) is 0 Å². The number of aromatic nitrogens is 2. The minimum atomic E-state index is -0.358. The third-order valence-corrected chi connectivity index (χ3v) is 4.01. The number of hydrogen-bond donors (Lipinski definition) is 1. The molecule has 0 saturated heterocycles. The number of ether oxygens (including phenoxy) is 1. The summed E-state index contributed by atoms with van der Waals surface area (Å²) in [5, 5.41) is 4.37. The Balaban J connectivity index is 3.07. The smallest absolute Gasteiger partial charge is 0.0859 e. The van der Waals surface area contributed by atoms with Gasteiger partial charge in [-0.3, -0.25) is 4.68 Å². The first-order valence-corrected chi connectivity index (χ1v) is 7.40. The third kappa shape index (κ3) is 3.13. The van der Waals surface area contributed by atoms with Gasteiger partial charge in [-0.05, 0) is 42.6 Å². The molecule has 5 heteroatoms. The molecule has 0 aliphatic carbocycles. The summed E-state index contributed by atoms with van der Waals surface area (Å²) in [6, 6.07) is -0.189. The second kappa shape index (κ2) is 6.68. The zero-order valence-corrected chi connectivity index (χ0v) is 13.3. The van der Waals surface area contributed by atoms with Gasteiger partial charge in [0.2, 0.25) is 0 Å². The fourth-order valence-electron chi connectivity index (χ4n) is 2.10. The molecule has 1 aromatic heterocycles. The van der Waals surface area contributed by atoms with Crippen LogP contribution in [0.3, 0.4) is 0 Å². The molecule has 0 saturated carbocycles. The molecule has 0 amide bonds. The predicted molar refractivity (Wildman–Crippen MR) is 77.5 cm³/mol. The SMILES string of the molecule is CCCn1ncc(Br)c1C(N)C(C)(CC)OCC. The summed E-state index contributed by atoms with van der Waals surface area (Å²) in [6.45, 7) is 9.84. The fraction of sp³-hybridized carbons (Fsp3) is 0.769. The molecular weight excluding hydrogens is 294 g/mol. The lowest BCUT2D eigenvalue weighted by molar-refractivity contribution is -0.0491. The topological polar surface area (TPSA) is 53.1 Å². The molecule has 2 atom stereocenters. The Morgan fingerprint density at radius 3 is 2.67 bits per heavy atom. The van der Waals surface area contributed by atoms with Crippen molar-refractivity contribution in [1.29, 1.82) is 0 Å². The van der Waals surface area contributed by atoms with Gasteiger partial charge in [-0.15, -0.1) is 0 Å². The molecule has 18 heavy (non-hydrogen) atoms. The number of nitrogens with zero attached hydrogens (tertiary/aromatic N) is 2. The molecule has 0 aliphatic heterocycles. The van der Waals surface area contributed by atoms with E-state index in [-0.39, 0.29) is 11.6 Å². The van der Waals surface area contributed by atoms with E-state index in [0.29, 0.717) is 6.61 Å². The second-order valence-corrected chi connectivity index (χ2v) is 5.53.